The van der Waals surface area contributed by atoms with E-state index in [9.17, 15) is 4.79 Å². The molecule has 0 saturated heterocycles. The minimum atomic E-state index is -0.139. The van der Waals surface area contributed by atoms with Gasteiger partial charge in [0.05, 0.1) is 31.2 Å². The van der Waals surface area contributed by atoms with E-state index in [4.69, 9.17) is 23.2 Å². The summed E-state index contributed by atoms with van der Waals surface area (Å²) in [6.45, 7) is 2.89. The molecule has 27 heavy (non-hydrogen) atoms. The van der Waals surface area contributed by atoms with Crippen molar-refractivity contribution in [3.8, 4) is 0 Å². The van der Waals surface area contributed by atoms with Crippen molar-refractivity contribution in [2.24, 2.45) is 0 Å². The Labute approximate surface area is 183 Å². The van der Waals surface area contributed by atoms with Gasteiger partial charge in [-0.3, -0.25) is 14.2 Å². The van der Waals surface area contributed by atoms with Crippen molar-refractivity contribution >= 4 is 66.8 Å². The summed E-state index contributed by atoms with van der Waals surface area (Å²) >= 11 is 18.8. The molecule has 0 aliphatic carbocycles. The van der Waals surface area contributed by atoms with Gasteiger partial charge in [0.2, 0.25) is 5.91 Å². The molecule has 3 rings (SSSR count). The largest absolute Gasteiger partial charge is 0.308 e. The molecule has 2 aromatic heterocycles. The van der Waals surface area contributed by atoms with Gasteiger partial charge in [0.1, 0.15) is 0 Å². The Morgan fingerprint density at radius 3 is 2.52 bits per heavy atom. The second-order valence-electron chi connectivity index (χ2n) is 5.90. The highest BCUT2D eigenvalue weighted by Gasteiger charge is 2.12. The fourth-order valence-corrected chi connectivity index (χ4v) is 3.46. The van der Waals surface area contributed by atoms with Gasteiger partial charge >= 0.3 is 0 Å². The number of benzene rings is 1. The van der Waals surface area contributed by atoms with Crippen molar-refractivity contribution in [2.75, 3.05) is 5.32 Å². The van der Waals surface area contributed by atoms with Crippen LogP contribution in [0, 0.1) is 6.92 Å². The van der Waals surface area contributed by atoms with E-state index in [1.807, 2.05) is 19.2 Å². The first kappa shape index (κ1) is 20.4. The van der Waals surface area contributed by atoms with Gasteiger partial charge in [-0.2, -0.15) is 10.2 Å². The summed E-state index contributed by atoms with van der Waals surface area (Å²) in [5.41, 5.74) is 1.84. The minimum Gasteiger partial charge on any atom is -0.308 e. The summed E-state index contributed by atoms with van der Waals surface area (Å²) in [7, 11) is 0. The first-order valence-electron chi connectivity index (χ1n) is 7.98. The Kier molecular flexibility index (Phi) is 6.62. The molecule has 1 amide bonds. The van der Waals surface area contributed by atoms with Crippen LogP contribution >= 0.6 is 55.1 Å². The van der Waals surface area contributed by atoms with Gasteiger partial charge in [-0.05, 0) is 56.5 Å². The van der Waals surface area contributed by atoms with Gasteiger partial charge in [-0.1, -0.05) is 29.3 Å². The number of nitrogens with zero attached hydrogens (tertiary/aromatic N) is 4. The highest BCUT2D eigenvalue weighted by atomic mass is 79.9. The normalized spacial score (nSPS) is 11.0. The van der Waals surface area contributed by atoms with Crippen LogP contribution in [-0.4, -0.2) is 25.5 Å². The van der Waals surface area contributed by atoms with E-state index in [2.05, 4.69) is 47.4 Å². The molecule has 10 heteroatoms. The lowest BCUT2D eigenvalue weighted by Crippen LogP contribution is -2.15. The van der Waals surface area contributed by atoms with Gasteiger partial charge in [0, 0.05) is 25.4 Å². The molecule has 0 spiro atoms. The number of carbonyl (C=O) groups excluding carboxylic acids is 1. The summed E-state index contributed by atoms with van der Waals surface area (Å²) in [6.07, 6.45) is 3.94. The Balaban J connectivity index is 1.60. The molecule has 0 unspecified atom stereocenters. The molecule has 3 aromatic rings. The Morgan fingerprint density at radius 1 is 1.11 bits per heavy atom. The molecule has 0 radical (unpaired) electrons. The smallest absolute Gasteiger partial charge is 0.227 e. The molecule has 1 N–H and O–H groups in total. The number of halogens is 4. The molecule has 0 aliphatic heterocycles. The van der Waals surface area contributed by atoms with Crippen molar-refractivity contribution in [2.45, 2.75) is 26.4 Å². The average Bonchev–Trinajstić information content (AvgIpc) is 3.11. The van der Waals surface area contributed by atoms with Crippen LogP contribution in [0.5, 0.6) is 0 Å². The van der Waals surface area contributed by atoms with Crippen LogP contribution in [0.2, 0.25) is 10.0 Å². The highest BCUT2D eigenvalue weighted by molar-refractivity contribution is 9.10. The van der Waals surface area contributed by atoms with E-state index < -0.39 is 0 Å². The number of carbonyl (C=O) groups is 1. The molecule has 0 fully saturated rings. The van der Waals surface area contributed by atoms with Gasteiger partial charge in [-0.15, -0.1) is 0 Å². The van der Waals surface area contributed by atoms with Crippen LogP contribution in [0.3, 0.4) is 0 Å². The second kappa shape index (κ2) is 8.77. The molecule has 142 valence electrons. The van der Waals surface area contributed by atoms with Gasteiger partial charge < -0.3 is 5.32 Å². The van der Waals surface area contributed by atoms with E-state index in [0.717, 1.165) is 15.7 Å². The third kappa shape index (κ3) is 5.34. The van der Waals surface area contributed by atoms with Crippen molar-refractivity contribution in [1.29, 1.82) is 0 Å². The van der Waals surface area contributed by atoms with E-state index in [0.29, 0.717) is 39.8 Å². The molecule has 0 atom stereocenters. The van der Waals surface area contributed by atoms with E-state index in [1.165, 1.54) is 0 Å². The van der Waals surface area contributed by atoms with E-state index in [-0.39, 0.29) is 5.91 Å². The summed E-state index contributed by atoms with van der Waals surface area (Å²) in [5.74, 6) is 0.331. The number of hydrogen-bond acceptors (Lipinski definition) is 3. The summed E-state index contributed by atoms with van der Waals surface area (Å²) < 4.78 is 5.07. The number of aryl methyl sites for hydroxylation is 2. The zero-order chi connectivity index (χ0) is 19.6. The van der Waals surface area contributed by atoms with Crippen molar-refractivity contribution < 1.29 is 4.79 Å². The third-order valence-corrected chi connectivity index (χ3v) is 5.86. The van der Waals surface area contributed by atoms with Crippen LogP contribution < -0.4 is 5.32 Å². The van der Waals surface area contributed by atoms with E-state index in [1.54, 1.807) is 27.7 Å². The number of hydrogen-bond donors (Lipinski definition) is 1. The molecule has 1 aromatic carbocycles. The predicted octanol–water partition coefficient (Wildman–Crippen LogP) is 5.30. The first-order valence-corrected chi connectivity index (χ1v) is 10.3. The Morgan fingerprint density at radius 2 is 1.85 bits per heavy atom. The van der Waals surface area contributed by atoms with Crippen LogP contribution in [0.4, 0.5) is 5.82 Å². The van der Waals surface area contributed by atoms with Crippen LogP contribution in [0.15, 0.2) is 39.5 Å². The first-order chi connectivity index (χ1) is 12.8. The zero-order valence-corrected chi connectivity index (χ0v) is 18.9. The van der Waals surface area contributed by atoms with Gasteiger partial charge in [0.15, 0.2) is 5.82 Å². The number of nitrogens with one attached hydrogen (secondary N) is 1. The molecule has 0 bridgehead atoms. The van der Waals surface area contributed by atoms with Gasteiger partial charge in [0.25, 0.3) is 0 Å². The molecule has 6 nitrogen and oxygen atoms in total. The van der Waals surface area contributed by atoms with Crippen molar-refractivity contribution in [3.05, 3.63) is 60.8 Å². The second-order valence-corrected chi connectivity index (χ2v) is 8.42. The van der Waals surface area contributed by atoms with Crippen LogP contribution in [-0.2, 0) is 17.9 Å². The highest BCUT2D eigenvalue weighted by Crippen LogP contribution is 2.25. The monoisotopic (exact) mass is 533 g/mol. The van der Waals surface area contributed by atoms with Gasteiger partial charge in [-0.25, -0.2) is 0 Å². The number of amides is 1. The topological polar surface area (TPSA) is 64.7 Å². The van der Waals surface area contributed by atoms with E-state index >= 15 is 0 Å². The molecular formula is C17H15Br2Cl2N5O. The fraction of sp³-hybridized carbons (Fsp3) is 0.235. The molecule has 0 aliphatic rings. The molecular weight excluding hydrogens is 521 g/mol. The Hall–Kier alpha value is -1.35. The number of aromatic nitrogens is 4. The maximum Gasteiger partial charge on any atom is 0.227 e. The lowest BCUT2D eigenvalue weighted by Gasteiger charge is -2.05. The lowest BCUT2D eigenvalue weighted by atomic mass is 10.2. The fourth-order valence-electron chi connectivity index (χ4n) is 2.41. The summed E-state index contributed by atoms with van der Waals surface area (Å²) in [4.78, 5) is 12.2. The minimum absolute atomic E-state index is 0.139. The maximum atomic E-state index is 12.2. The standard InChI is InChI=1S/C17H15Br2Cl2N5O/c1-10-12(18)8-25(23-10)5-4-16(27)22-17-13(19)9-26(24-17)7-11-2-3-14(20)15(21)6-11/h2-3,6,8-9H,4-5,7H2,1H3,(H,22,24,27). The molecule has 2 heterocycles. The quantitative estimate of drug-likeness (QED) is 0.466. The van der Waals surface area contributed by atoms with Crippen LogP contribution in [0.1, 0.15) is 17.7 Å². The number of rotatable bonds is 6. The third-order valence-electron chi connectivity index (χ3n) is 3.76. The lowest BCUT2D eigenvalue weighted by molar-refractivity contribution is -0.116. The molecule has 0 saturated carbocycles. The van der Waals surface area contributed by atoms with Crippen molar-refractivity contribution in [3.63, 3.8) is 0 Å². The SMILES string of the molecule is Cc1nn(CCC(=O)Nc2nn(Cc3ccc(Cl)c(Cl)c3)cc2Br)cc1Br. The summed E-state index contributed by atoms with van der Waals surface area (Å²) in [6, 6.07) is 5.42. The Bertz CT molecular complexity index is 966. The number of anilines is 1. The summed E-state index contributed by atoms with van der Waals surface area (Å²) in [5, 5.41) is 12.5. The maximum absolute atomic E-state index is 12.2. The predicted molar refractivity (Wildman–Crippen MR) is 113 cm³/mol. The average molecular weight is 536 g/mol. The van der Waals surface area contributed by atoms with Crippen LogP contribution in [0.25, 0.3) is 0 Å². The van der Waals surface area contributed by atoms with Crippen molar-refractivity contribution in [1.82, 2.24) is 19.6 Å². The zero-order valence-electron chi connectivity index (χ0n) is 14.2.